The smallest absolute Gasteiger partial charge is 0.326 e. The number of hydrogen-bond donors (Lipinski definition) is 12. The number of aromatic nitrogens is 2. The molecule has 0 spiro atoms. The summed E-state index contributed by atoms with van der Waals surface area (Å²) in [5.74, 6) is -4.40. The maximum absolute atomic E-state index is 14.0. The van der Waals surface area contributed by atoms with E-state index < -0.39 is 114 Å². The number of ether oxygens (including phenoxy) is 2. The van der Waals surface area contributed by atoms with Gasteiger partial charge in [0.2, 0.25) is 29.5 Å². The second-order valence-corrected chi connectivity index (χ2v) is 27.3. The average molecular weight is 1420 g/mol. The number of carboxylic acid groups (broad SMARTS) is 3. The van der Waals surface area contributed by atoms with Gasteiger partial charge in [-0.1, -0.05) is 119 Å². The van der Waals surface area contributed by atoms with Crippen LogP contribution in [0.4, 0.5) is 0 Å². The molecule has 3 fully saturated rings. The highest BCUT2D eigenvalue weighted by Crippen LogP contribution is 2.30. The van der Waals surface area contributed by atoms with Crippen LogP contribution in [0.15, 0.2) is 97.5 Å². The highest BCUT2D eigenvalue weighted by Gasteiger charge is 2.40. The lowest BCUT2D eigenvalue weighted by Crippen LogP contribution is -2.58. The van der Waals surface area contributed by atoms with E-state index in [0.29, 0.717) is 94.7 Å². The monoisotopic (exact) mass is 1420 g/mol. The van der Waals surface area contributed by atoms with Crippen LogP contribution in [0.25, 0.3) is 0 Å². The number of methoxy groups -OCH3 is 1. The third-order valence-corrected chi connectivity index (χ3v) is 17.9. The first-order chi connectivity index (χ1) is 47.1. The van der Waals surface area contributed by atoms with Gasteiger partial charge in [-0.05, 0) is 139 Å². The molecule has 5 amide bonds. The van der Waals surface area contributed by atoms with Crippen LogP contribution in [-0.2, 0) is 73.6 Å². The Morgan fingerprint density at radius 1 is 0.644 bits per heavy atom. The van der Waals surface area contributed by atoms with Crippen LogP contribution in [-0.4, -0.2) is 209 Å². The molecule has 17 N–H and O–H groups in total. The zero-order valence-corrected chi connectivity index (χ0v) is 59.7. The second-order valence-electron chi connectivity index (χ2n) is 27.3. The van der Waals surface area contributed by atoms with Crippen molar-refractivity contribution in [1.82, 2.24) is 46.4 Å². The number of aromatic amines is 1. The fourth-order valence-corrected chi connectivity index (χ4v) is 12.7. The molecule has 0 bridgehead atoms. The lowest BCUT2D eigenvalue weighted by molar-refractivity contribution is -0.150. The van der Waals surface area contributed by atoms with E-state index in [0.717, 1.165) is 42.4 Å². The van der Waals surface area contributed by atoms with Gasteiger partial charge in [-0.2, -0.15) is 0 Å². The van der Waals surface area contributed by atoms with Crippen LogP contribution < -0.4 is 37.1 Å². The Morgan fingerprint density at radius 2 is 1.15 bits per heavy atom. The van der Waals surface area contributed by atoms with Gasteiger partial charge in [0.15, 0.2) is 0 Å². The molecule has 1 aliphatic carbocycles. The van der Waals surface area contributed by atoms with Crippen LogP contribution in [0.2, 0.25) is 0 Å². The van der Waals surface area contributed by atoms with Crippen LogP contribution in [0.5, 0.6) is 5.75 Å². The number of hydrogen-bond acceptors (Lipinski definition) is 17. The summed E-state index contributed by atoms with van der Waals surface area (Å²) in [6, 6.07) is 19.2. The van der Waals surface area contributed by atoms with Crippen molar-refractivity contribution in [2.45, 2.75) is 236 Å². The van der Waals surface area contributed by atoms with Crippen molar-refractivity contribution < 1.29 is 89.1 Å². The average Bonchev–Trinajstić information content (AvgIpc) is 0.968. The van der Waals surface area contributed by atoms with E-state index in [4.69, 9.17) is 15.2 Å². The lowest BCUT2D eigenvalue weighted by atomic mass is 9.82. The molecule has 28 nitrogen and oxygen atoms in total. The van der Waals surface area contributed by atoms with Crippen molar-refractivity contribution in [3.05, 3.63) is 120 Å². The van der Waals surface area contributed by atoms with Crippen LogP contribution in [0.1, 0.15) is 161 Å². The van der Waals surface area contributed by atoms with Gasteiger partial charge in [-0.3, -0.25) is 44.2 Å². The summed E-state index contributed by atoms with van der Waals surface area (Å²) in [6.45, 7) is 13.5. The number of amides is 5. The molecule has 0 radical (unpaired) electrons. The number of H-pyrrole nitrogens is 1. The Balaban J connectivity index is 0.000000419. The molecule has 0 unspecified atom stereocenters. The van der Waals surface area contributed by atoms with Crippen molar-refractivity contribution in [2.75, 3.05) is 26.8 Å². The molecule has 28 heteroatoms. The highest BCUT2D eigenvalue weighted by molar-refractivity contribution is 5.93. The Morgan fingerprint density at radius 3 is 1.61 bits per heavy atom. The number of aliphatic carboxylic acids is 3. The molecule has 7 rings (SSSR count). The molecule has 101 heavy (non-hydrogen) atoms. The van der Waals surface area contributed by atoms with Gasteiger partial charge in [-0.15, -0.1) is 0 Å². The predicted octanol–water partition coefficient (Wildman–Crippen LogP) is 3.60. The Labute approximate surface area is 592 Å². The fraction of sp³-hybridized carbons (Fsp3) is 0.589. The molecule has 2 aliphatic heterocycles. The number of imidazole rings is 1. The topological polar surface area (TPSA) is 458 Å². The van der Waals surface area contributed by atoms with E-state index in [1.54, 1.807) is 60.1 Å². The van der Waals surface area contributed by atoms with Gasteiger partial charge < -0.3 is 82.4 Å². The van der Waals surface area contributed by atoms with E-state index in [9.17, 15) is 68.7 Å². The summed E-state index contributed by atoms with van der Waals surface area (Å²) in [6.07, 6.45) is 11.7. The number of carboxylic acids is 3. The van der Waals surface area contributed by atoms with E-state index in [1.807, 2.05) is 86.6 Å². The van der Waals surface area contributed by atoms with Crippen LogP contribution in [0.3, 0.4) is 0 Å². The fourth-order valence-electron chi connectivity index (χ4n) is 12.7. The summed E-state index contributed by atoms with van der Waals surface area (Å²) in [7, 11) is 1.56. The lowest BCUT2D eigenvalue weighted by Gasteiger charge is -2.34. The maximum atomic E-state index is 14.0. The minimum atomic E-state index is -1.17. The molecule has 1 aromatic heterocycles. The molecule has 3 aromatic carbocycles. The first-order valence-electron chi connectivity index (χ1n) is 34.8. The third kappa shape index (κ3) is 30.0. The third-order valence-electron chi connectivity index (χ3n) is 17.9. The number of likely N-dealkylation sites (tertiary alicyclic amines) is 2. The number of nitrogens with two attached hydrogens (primary N) is 1. The van der Waals surface area contributed by atoms with Crippen LogP contribution in [0, 0.1) is 11.8 Å². The summed E-state index contributed by atoms with van der Waals surface area (Å²) >= 11 is 0. The number of aliphatic hydroxyl groups is 2. The van der Waals surface area contributed by atoms with Crippen molar-refractivity contribution in [1.29, 1.82) is 0 Å². The summed E-state index contributed by atoms with van der Waals surface area (Å²) in [4.78, 5) is 122. The normalized spacial score (nSPS) is 17.9. The van der Waals surface area contributed by atoms with Gasteiger partial charge in [0, 0.05) is 49.8 Å². The Hall–Kier alpha value is -8.38. The number of benzene rings is 3. The summed E-state index contributed by atoms with van der Waals surface area (Å²) < 4.78 is 10.4. The van der Waals surface area contributed by atoms with E-state index in [-0.39, 0.29) is 54.6 Å². The number of esters is 1. The molecule has 562 valence electrons. The van der Waals surface area contributed by atoms with Gasteiger partial charge >= 0.3 is 23.9 Å². The second kappa shape index (κ2) is 44.1. The van der Waals surface area contributed by atoms with E-state index >= 15 is 0 Å². The highest BCUT2D eigenvalue weighted by atomic mass is 16.5. The number of aryl methyl sites for hydroxylation is 2. The molecular formula is C73H112N10O18. The van der Waals surface area contributed by atoms with E-state index in [2.05, 4.69) is 36.6 Å². The number of nitrogens with one attached hydrogen (secondary N) is 6. The molecule has 3 heterocycles. The molecule has 3 aliphatic rings. The van der Waals surface area contributed by atoms with Gasteiger partial charge in [-0.25, -0.2) is 14.6 Å². The number of nitrogens with zero attached hydrogens (tertiary/aromatic N) is 3. The van der Waals surface area contributed by atoms with E-state index in [1.165, 1.54) is 22.5 Å². The molecule has 1 saturated carbocycles. The van der Waals surface area contributed by atoms with Gasteiger partial charge in [0.1, 0.15) is 48.1 Å². The molecular weight excluding hydrogens is 1300 g/mol. The quantitative estimate of drug-likeness (QED) is 0.0293. The van der Waals surface area contributed by atoms with Gasteiger partial charge in [0.25, 0.3) is 0 Å². The zero-order chi connectivity index (χ0) is 72.8. The number of carbonyl (C=O) groups excluding carboxylic acids is 6. The minimum absolute atomic E-state index is 0. The van der Waals surface area contributed by atoms with Gasteiger partial charge in [0.05, 0.1) is 44.3 Å². The zero-order valence-electron chi connectivity index (χ0n) is 59.7. The number of carbonyl (C=O) groups is 9. The van der Waals surface area contributed by atoms with Crippen molar-refractivity contribution in [3.8, 4) is 5.75 Å². The number of aliphatic hydroxyl groups excluding tert-OH is 2. The molecule has 2 saturated heterocycles. The number of rotatable bonds is 35. The van der Waals surface area contributed by atoms with Crippen molar-refractivity contribution in [2.24, 2.45) is 17.6 Å². The SMILES string of the molecule is CCOC(=O)[C@H](CCc1ccccc1)N[C@@H](C)C(=O)N1CCC[C@H]1C(=O)O.COc1ccc(C[C@H](NC(=O)CC(C)(C)N)C(=O)N[C@@H](Cc2cnc[nH]2)C(=O)N[C@@H](CC2CCCCC2)[C@@H](O)[C@@H](O)CC(C)C)cc1.C[C@H](N[C@@H](CCc1ccccc1)C(=O)O)C(=O)N1CCC[C@H]1C(=O)O.O.O. The first-order valence-corrected chi connectivity index (χ1v) is 34.8. The summed E-state index contributed by atoms with van der Waals surface area (Å²) in [5.41, 5.74) is 8.81. The molecule has 11 atom stereocenters. The molecule has 4 aromatic rings. The largest absolute Gasteiger partial charge is 0.497 e. The predicted molar refractivity (Wildman–Crippen MR) is 379 cm³/mol. The Kier molecular flexibility index (Phi) is 37.9. The van der Waals surface area contributed by atoms with Crippen LogP contribution >= 0.6 is 0 Å². The maximum Gasteiger partial charge on any atom is 0.326 e. The summed E-state index contributed by atoms with van der Waals surface area (Å²) in [5, 5.41) is 64.6. The Bertz CT molecular complexity index is 3150. The minimum Gasteiger partial charge on any atom is -0.497 e. The van der Waals surface area contributed by atoms with Crippen molar-refractivity contribution in [3.63, 3.8) is 0 Å². The standard InChI is InChI=1S/C35H56N6O6.C20H28N2O5.C18H24N2O5.2H2O/c1-22(2)15-30(42)32(44)27(16-23-9-7-6-8-10-23)40-34(46)29(18-25-20-37-21-38-25)41-33(45)28(39-31(43)19-35(3,4)36)17-24-11-13-26(47-5)14-12-24;1-3-27-20(26)16(12-11-15-8-5-4-6-9-15)21-14(2)18(23)22-13-7-10-17(22)19(24)25;1-12(16(21)20-11-5-8-15(20)18(24)25)19-14(17(22)23)10-9-13-6-3-2-4-7-13;;/h11-14,20-23,27-30,32,42,44H,6-10,15-19,36H2,1-5H3,(H,37,38)(H,39,43)(H,40,46)(H,41,45);4-6,8-9,14,16-17,21H,3,7,10-13H2,1-2H3,(H,24,25);2-4,6-7,12,14-15,19H,5,8-11H2,1H3,(H,22,23)(H,24,25);2*1H2/t27-,28-,29-,30-,32+;14-,16-,17-;12-,14-,15-;;/m000../s1. The van der Waals surface area contributed by atoms with Crippen molar-refractivity contribution >= 4 is 53.4 Å². The first kappa shape index (κ1) is 86.8.